The Morgan fingerprint density at radius 2 is 2.11 bits per heavy atom. The molecule has 104 valence electrons. The number of amides is 1. The van der Waals surface area contributed by atoms with Crippen LogP contribution in [-0.2, 0) is 20.9 Å². The predicted molar refractivity (Wildman–Crippen MR) is 63.8 cm³/mol. The molecule has 2 rings (SSSR count). The van der Waals surface area contributed by atoms with Crippen molar-refractivity contribution >= 4 is 11.9 Å². The predicted octanol–water partition coefficient (Wildman–Crippen LogP) is -0.525. The lowest BCUT2D eigenvalue weighted by Crippen LogP contribution is -2.42. The lowest BCUT2D eigenvalue weighted by Gasteiger charge is -2.30. The molecule has 1 aromatic rings. The highest BCUT2D eigenvalue weighted by Gasteiger charge is 2.28. The molecule has 2 heterocycles. The van der Waals surface area contributed by atoms with E-state index in [9.17, 15) is 9.59 Å². The molecule has 1 fully saturated rings. The molecule has 1 amide bonds. The van der Waals surface area contributed by atoms with Crippen LogP contribution in [0.15, 0.2) is 6.33 Å². The molecule has 1 saturated heterocycles. The van der Waals surface area contributed by atoms with Crippen LogP contribution in [0.25, 0.3) is 0 Å². The third-order valence-electron chi connectivity index (χ3n) is 3.16. The largest absolute Gasteiger partial charge is 0.466 e. The summed E-state index contributed by atoms with van der Waals surface area (Å²) in [7, 11) is 0. The number of hydrogen-bond acceptors (Lipinski definition) is 6. The number of carbonyl (C=O) groups is 2. The Morgan fingerprint density at radius 1 is 1.37 bits per heavy atom. The molecule has 0 radical (unpaired) electrons. The summed E-state index contributed by atoms with van der Waals surface area (Å²) in [4.78, 5) is 25.3. The zero-order valence-corrected chi connectivity index (χ0v) is 10.9. The van der Waals surface area contributed by atoms with Gasteiger partial charge in [-0.15, -0.1) is 5.10 Å². The van der Waals surface area contributed by atoms with Crippen molar-refractivity contribution in [2.24, 2.45) is 5.92 Å². The molecule has 8 nitrogen and oxygen atoms in total. The first-order valence-electron chi connectivity index (χ1n) is 6.36. The standard InChI is InChI=1S/C11H17N5O3/c1-2-19-11(18)9-3-5-15(6-4-9)10(17)7-16-8-12-13-14-16/h8-9H,2-7H2,1H3. The number of esters is 1. The fourth-order valence-corrected chi connectivity index (χ4v) is 2.12. The lowest BCUT2D eigenvalue weighted by molar-refractivity contribution is -0.151. The smallest absolute Gasteiger partial charge is 0.309 e. The molecule has 8 heteroatoms. The van der Waals surface area contributed by atoms with Crippen molar-refractivity contribution in [3.05, 3.63) is 6.33 Å². The van der Waals surface area contributed by atoms with Crippen LogP contribution in [0.4, 0.5) is 0 Å². The lowest BCUT2D eigenvalue weighted by atomic mass is 9.97. The molecule has 0 saturated carbocycles. The third kappa shape index (κ3) is 3.49. The van der Waals surface area contributed by atoms with Gasteiger partial charge in [0.15, 0.2) is 0 Å². The second kappa shape index (κ2) is 6.26. The quantitative estimate of drug-likeness (QED) is 0.681. The Balaban J connectivity index is 1.79. The highest BCUT2D eigenvalue weighted by atomic mass is 16.5. The summed E-state index contributed by atoms with van der Waals surface area (Å²) in [6.45, 7) is 3.48. The Morgan fingerprint density at radius 3 is 2.68 bits per heavy atom. The van der Waals surface area contributed by atoms with Crippen molar-refractivity contribution in [2.75, 3.05) is 19.7 Å². The van der Waals surface area contributed by atoms with Crippen molar-refractivity contribution in [3.8, 4) is 0 Å². The number of rotatable bonds is 4. The van der Waals surface area contributed by atoms with E-state index in [1.807, 2.05) is 0 Å². The zero-order valence-electron chi connectivity index (χ0n) is 10.9. The topological polar surface area (TPSA) is 90.2 Å². The van der Waals surface area contributed by atoms with Gasteiger partial charge in [-0.25, -0.2) is 4.68 Å². The van der Waals surface area contributed by atoms with E-state index >= 15 is 0 Å². The van der Waals surface area contributed by atoms with E-state index in [0.29, 0.717) is 32.5 Å². The molecular weight excluding hydrogens is 250 g/mol. The fraction of sp³-hybridized carbons (Fsp3) is 0.727. The van der Waals surface area contributed by atoms with E-state index in [1.54, 1.807) is 11.8 Å². The van der Waals surface area contributed by atoms with Crippen LogP contribution in [0, 0.1) is 5.92 Å². The van der Waals surface area contributed by atoms with Gasteiger partial charge >= 0.3 is 5.97 Å². The summed E-state index contributed by atoms with van der Waals surface area (Å²) in [5.41, 5.74) is 0. The second-order valence-electron chi connectivity index (χ2n) is 4.41. The van der Waals surface area contributed by atoms with E-state index in [1.165, 1.54) is 11.0 Å². The molecule has 1 aliphatic rings. The average molecular weight is 267 g/mol. The number of ether oxygens (including phenoxy) is 1. The van der Waals surface area contributed by atoms with Crippen molar-refractivity contribution < 1.29 is 14.3 Å². The van der Waals surface area contributed by atoms with Crippen LogP contribution in [-0.4, -0.2) is 56.7 Å². The first kappa shape index (κ1) is 13.4. The Labute approximate surface area is 110 Å². The summed E-state index contributed by atoms with van der Waals surface area (Å²) in [6, 6.07) is 0. The van der Waals surface area contributed by atoms with Crippen LogP contribution >= 0.6 is 0 Å². The number of carbonyl (C=O) groups excluding carboxylic acids is 2. The molecule has 0 N–H and O–H groups in total. The third-order valence-corrected chi connectivity index (χ3v) is 3.16. The summed E-state index contributed by atoms with van der Waals surface area (Å²) in [5.74, 6) is -0.276. The first-order chi connectivity index (χ1) is 9.20. The number of piperidine rings is 1. The second-order valence-corrected chi connectivity index (χ2v) is 4.41. The summed E-state index contributed by atoms with van der Waals surface area (Å²) >= 11 is 0. The Hall–Kier alpha value is -1.99. The van der Waals surface area contributed by atoms with E-state index in [-0.39, 0.29) is 24.3 Å². The number of hydrogen-bond donors (Lipinski definition) is 0. The van der Waals surface area contributed by atoms with Crippen molar-refractivity contribution in [2.45, 2.75) is 26.3 Å². The zero-order chi connectivity index (χ0) is 13.7. The van der Waals surface area contributed by atoms with Crippen LogP contribution in [0.1, 0.15) is 19.8 Å². The maximum absolute atomic E-state index is 12.0. The molecule has 1 aliphatic heterocycles. The maximum Gasteiger partial charge on any atom is 0.309 e. The normalized spacial score (nSPS) is 16.4. The fourth-order valence-electron chi connectivity index (χ4n) is 2.12. The first-order valence-corrected chi connectivity index (χ1v) is 6.36. The Bertz CT molecular complexity index is 426. The maximum atomic E-state index is 12.0. The van der Waals surface area contributed by atoms with Gasteiger partial charge in [-0.1, -0.05) is 0 Å². The van der Waals surface area contributed by atoms with Crippen molar-refractivity contribution in [1.29, 1.82) is 0 Å². The van der Waals surface area contributed by atoms with Crippen LogP contribution in [0.2, 0.25) is 0 Å². The van der Waals surface area contributed by atoms with E-state index in [4.69, 9.17) is 4.74 Å². The van der Waals surface area contributed by atoms with Gasteiger partial charge in [0.2, 0.25) is 5.91 Å². The summed E-state index contributed by atoms with van der Waals surface area (Å²) < 4.78 is 6.38. The van der Waals surface area contributed by atoms with E-state index in [2.05, 4.69) is 15.5 Å². The van der Waals surface area contributed by atoms with Gasteiger partial charge in [-0.05, 0) is 30.2 Å². The SMILES string of the molecule is CCOC(=O)C1CCN(C(=O)Cn2cnnn2)CC1. The monoisotopic (exact) mass is 267 g/mol. The number of aromatic nitrogens is 4. The van der Waals surface area contributed by atoms with Gasteiger partial charge in [0.1, 0.15) is 12.9 Å². The molecule has 0 atom stereocenters. The minimum Gasteiger partial charge on any atom is -0.466 e. The molecule has 0 unspecified atom stereocenters. The average Bonchev–Trinajstić information content (AvgIpc) is 2.92. The van der Waals surface area contributed by atoms with E-state index < -0.39 is 0 Å². The molecule has 0 bridgehead atoms. The van der Waals surface area contributed by atoms with Crippen LogP contribution in [0.3, 0.4) is 0 Å². The number of nitrogens with zero attached hydrogens (tertiary/aromatic N) is 5. The van der Waals surface area contributed by atoms with Gasteiger partial charge < -0.3 is 9.64 Å². The van der Waals surface area contributed by atoms with Gasteiger partial charge in [0, 0.05) is 13.1 Å². The Kier molecular flexibility index (Phi) is 4.43. The van der Waals surface area contributed by atoms with E-state index in [0.717, 1.165) is 0 Å². The van der Waals surface area contributed by atoms with Gasteiger partial charge in [0.25, 0.3) is 0 Å². The molecular formula is C11H17N5O3. The van der Waals surface area contributed by atoms with Gasteiger partial charge in [0.05, 0.1) is 12.5 Å². The number of tetrazole rings is 1. The summed E-state index contributed by atoms with van der Waals surface area (Å²) in [5, 5.41) is 10.6. The molecule has 0 spiro atoms. The molecule has 0 aliphatic carbocycles. The highest BCUT2D eigenvalue weighted by molar-refractivity contribution is 5.77. The molecule has 19 heavy (non-hydrogen) atoms. The van der Waals surface area contributed by atoms with Crippen LogP contribution < -0.4 is 0 Å². The molecule has 0 aromatic carbocycles. The number of likely N-dealkylation sites (tertiary alicyclic amines) is 1. The highest BCUT2D eigenvalue weighted by Crippen LogP contribution is 2.18. The van der Waals surface area contributed by atoms with Crippen LogP contribution in [0.5, 0.6) is 0 Å². The van der Waals surface area contributed by atoms with Crippen molar-refractivity contribution in [3.63, 3.8) is 0 Å². The van der Waals surface area contributed by atoms with Gasteiger partial charge in [-0.2, -0.15) is 0 Å². The minimum atomic E-state index is -0.157. The van der Waals surface area contributed by atoms with Crippen molar-refractivity contribution in [1.82, 2.24) is 25.1 Å². The minimum absolute atomic E-state index is 0.0328. The molecule has 1 aromatic heterocycles. The summed E-state index contributed by atoms with van der Waals surface area (Å²) in [6.07, 6.45) is 2.71. The van der Waals surface area contributed by atoms with Gasteiger partial charge in [-0.3, -0.25) is 9.59 Å².